The summed E-state index contributed by atoms with van der Waals surface area (Å²) in [4.78, 5) is 68.0. The first-order valence-corrected chi connectivity index (χ1v) is 21.4. The van der Waals surface area contributed by atoms with Crippen LogP contribution >= 0.6 is 0 Å². The van der Waals surface area contributed by atoms with Crippen molar-refractivity contribution in [1.29, 1.82) is 5.26 Å². The number of hydrogen-bond donors (Lipinski definition) is 5. The number of aliphatic hydroxyl groups excluding tert-OH is 3. The van der Waals surface area contributed by atoms with E-state index in [0.29, 0.717) is 57.0 Å². The van der Waals surface area contributed by atoms with Gasteiger partial charge in [-0.05, 0) is 37.3 Å². The van der Waals surface area contributed by atoms with Crippen LogP contribution < -0.4 is 10.1 Å². The number of methoxy groups -OCH3 is 1. The summed E-state index contributed by atoms with van der Waals surface area (Å²) in [6.07, 6.45) is 4.97. The quantitative estimate of drug-likeness (QED) is 0.0242. The number of ether oxygens (including phenoxy) is 5. The average Bonchev–Trinajstić information content (AvgIpc) is 4.02. The Balaban J connectivity index is 1.15. The number of piperidine rings is 1. The van der Waals surface area contributed by atoms with Gasteiger partial charge in [0.05, 0.1) is 114 Å². The number of hydrogen-bond acceptors (Lipinski definition) is 16. The molecule has 5 N–H and O–H groups in total. The highest BCUT2D eigenvalue weighted by atomic mass is 16.6. The Hall–Kier alpha value is -6.12. The molecular formula is C44H57N9O12. The number of nitrogens with zero attached hydrogens (tertiary/aromatic N) is 7. The van der Waals surface area contributed by atoms with Gasteiger partial charge in [-0.3, -0.25) is 19.2 Å². The number of amides is 3. The summed E-state index contributed by atoms with van der Waals surface area (Å²) in [5.74, 6) is -2.46. The van der Waals surface area contributed by atoms with E-state index in [2.05, 4.69) is 31.4 Å². The molecule has 4 aromatic rings. The Morgan fingerprint density at radius 2 is 1.57 bits per heavy atom. The maximum Gasteiger partial charge on any atom is 0.295 e. The molecule has 0 saturated carbocycles. The number of rotatable bonds is 27. The first-order chi connectivity index (χ1) is 31.7. The molecule has 21 heteroatoms. The molecule has 0 spiro atoms. The highest BCUT2D eigenvalue weighted by Gasteiger charge is 2.38. The van der Waals surface area contributed by atoms with Crippen LogP contribution in [-0.4, -0.2) is 185 Å². The average molecular weight is 904 g/mol. The van der Waals surface area contributed by atoms with Gasteiger partial charge >= 0.3 is 0 Å². The Bertz CT molecular complexity index is 2250. The molecule has 4 heterocycles. The predicted octanol–water partition coefficient (Wildman–Crippen LogP) is 1.08. The number of aromatic amines is 1. The largest absolute Gasteiger partial charge is 0.494 e. The van der Waals surface area contributed by atoms with E-state index in [4.69, 9.17) is 23.7 Å². The smallest absolute Gasteiger partial charge is 0.295 e. The zero-order chi connectivity index (χ0) is 46.6. The third kappa shape index (κ3) is 12.8. The maximum absolute atomic E-state index is 13.8. The fraction of sp³-hybridized carbons (Fsp3) is 0.500. The fourth-order valence-corrected chi connectivity index (χ4v) is 7.17. The van der Waals surface area contributed by atoms with E-state index in [-0.39, 0.29) is 87.2 Å². The molecule has 350 valence electrons. The molecule has 65 heavy (non-hydrogen) atoms. The van der Waals surface area contributed by atoms with E-state index in [9.17, 15) is 39.8 Å². The number of carbonyl (C=O) groups excluding carboxylic acids is 4. The van der Waals surface area contributed by atoms with Crippen molar-refractivity contribution in [1.82, 2.24) is 39.8 Å². The topological polar surface area (TPSA) is 277 Å². The molecule has 5 rings (SSSR count). The summed E-state index contributed by atoms with van der Waals surface area (Å²) >= 11 is 0. The molecular weight excluding hydrogens is 847 g/mol. The summed E-state index contributed by atoms with van der Waals surface area (Å²) in [5.41, 5.74) is 0.997. The summed E-state index contributed by atoms with van der Waals surface area (Å²) in [6, 6.07) is 11.6. The van der Waals surface area contributed by atoms with E-state index >= 15 is 0 Å². The number of allylic oxidation sites excluding steroid dienone is 1. The lowest BCUT2D eigenvalue weighted by Gasteiger charge is -2.40. The predicted molar refractivity (Wildman–Crippen MR) is 233 cm³/mol. The number of aromatic nitrogens is 5. The molecule has 3 amide bonds. The standard InChI is InChI=1S/C44H57N9O12/c1-3-62-18-19-64-22-23-65-21-20-63-17-12-36(57)52(44(27-54,28-55)29-56)14-7-13-46-42(59)40-49-30-53(50-40)41-38-37(35(61-2)26-48-41)34(25-47-38)39(58)43(60)51-15-10-32(11-16-51)33(24-45)31-8-5-4-6-9-31/h4-6,8-9,25-26,30,47,54-56H,3,7,10-23,27-29H2,1-2H3,(H,46,59). The summed E-state index contributed by atoms with van der Waals surface area (Å²) in [5, 5.41) is 47.4. The van der Waals surface area contributed by atoms with Crippen molar-refractivity contribution in [2.24, 2.45) is 0 Å². The molecule has 1 aromatic carbocycles. The molecule has 0 radical (unpaired) electrons. The number of H-pyrrole nitrogens is 1. The maximum atomic E-state index is 13.8. The highest BCUT2D eigenvalue weighted by Crippen LogP contribution is 2.33. The number of benzene rings is 1. The van der Waals surface area contributed by atoms with E-state index in [1.54, 1.807) is 0 Å². The molecule has 0 aliphatic carbocycles. The van der Waals surface area contributed by atoms with Gasteiger partial charge in [0.1, 0.15) is 17.6 Å². The fourth-order valence-electron chi connectivity index (χ4n) is 7.17. The van der Waals surface area contributed by atoms with E-state index in [1.807, 2.05) is 37.3 Å². The number of likely N-dealkylation sites (tertiary alicyclic amines) is 1. The first-order valence-electron chi connectivity index (χ1n) is 21.4. The normalized spacial score (nSPS) is 12.9. The molecule has 0 atom stereocenters. The number of nitrogens with one attached hydrogen (secondary N) is 2. The molecule has 1 aliphatic rings. The third-order valence-electron chi connectivity index (χ3n) is 10.8. The van der Waals surface area contributed by atoms with Gasteiger partial charge in [0.2, 0.25) is 11.7 Å². The zero-order valence-corrected chi connectivity index (χ0v) is 36.7. The highest BCUT2D eigenvalue weighted by molar-refractivity contribution is 6.45. The van der Waals surface area contributed by atoms with Crippen LogP contribution in [0, 0.1) is 11.3 Å². The number of ketones is 1. The van der Waals surface area contributed by atoms with Gasteiger partial charge < -0.3 is 59.1 Å². The van der Waals surface area contributed by atoms with Gasteiger partial charge in [-0.15, -0.1) is 5.10 Å². The number of pyridine rings is 1. The van der Waals surface area contributed by atoms with Crippen molar-refractivity contribution >= 4 is 40.0 Å². The van der Waals surface area contributed by atoms with Crippen molar-refractivity contribution in [3.63, 3.8) is 0 Å². The van der Waals surface area contributed by atoms with Crippen molar-refractivity contribution in [3.05, 3.63) is 71.6 Å². The van der Waals surface area contributed by atoms with Gasteiger partial charge in [0.25, 0.3) is 17.6 Å². The number of Topliss-reactive ketones (excluding diaryl/α,β-unsaturated/α-hetero) is 1. The SMILES string of the molecule is CCOCCOCCOCCOCCC(=O)N(CCCNC(=O)c1ncn(-c2ncc(OC)c3c(C(=O)C(=O)N4CCC(=C(C#N)c5ccccc5)CC4)c[nH]c23)n1)C(CO)(CO)CO. The zero-order valence-electron chi connectivity index (χ0n) is 36.7. The molecule has 0 bridgehead atoms. The minimum Gasteiger partial charge on any atom is -0.494 e. The third-order valence-corrected chi connectivity index (χ3v) is 10.8. The van der Waals surface area contributed by atoms with Crippen LogP contribution in [-0.2, 0) is 28.5 Å². The van der Waals surface area contributed by atoms with Crippen molar-refractivity contribution in [2.75, 3.05) is 106 Å². The minimum atomic E-state index is -1.65. The van der Waals surface area contributed by atoms with Gasteiger partial charge in [0, 0.05) is 39.0 Å². The Labute approximate surface area is 375 Å². The Kier molecular flexibility index (Phi) is 19.5. The molecule has 3 aromatic heterocycles. The van der Waals surface area contributed by atoms with Gasteiger partial charge in [-0.25, -0.2) is 9.97 Å². The summed E-state index contributed by atoms with van der Waals surface area (Å²) < 4.78 is 28.3. The lowest BCUT2D eigenvalue weighted by atomic mass is 9.93. The lowest BCUT2D eigenvalue weighted by Crippen LogP contribution is -2.60. The lowest BCUT2D eigenvalue weighted by molar-refractivity contribution is -0.147. The number of aliphatic hydroxyl groups is 3. The van der Waals surface area contributed by atoms with Crippen LogP contribution in [0.15, 0.2) is 54.6 Å². The molecule has 21 nitrogen and oxygen atoms in total. The Morgan fingerprint density at radius 1 is 0.923 bits per heavy atom. The van der Waals surface area contributed by atoms with Crippen LogP contribution in [0.25, 0.3) is 22.3 Å². The van der Waals surface area contributed by atoms with Gasteiger partial charge in [-0.2, -0.15) is 9.94 Å². The van der Waals surface area contributed by atoms with Crippen molar-refractivity contribution in [3.8, 4) is 17.6 Å². The van der Waals surface area contributed by atoms with Crippen LogP contribution in [0.1, 0.15) is 59.1 Å². The molecule has 1 fully saturated rings. The number of nitriles is 1. The summed E-state index contributed by atoms with van der Waals surface area (Å²) in [7, 11) is 1.40. The number of fused-ring (bicyclic) bond motifs is 1. The molecule has 0 unspecified atom stereocenters. The monoisotopic (exact) mass is 903 g/mol. The van der Waals surface area contributed by atoms with E-state index in [0.717, 1.165) is 11.1 Å². The second-order valence-electron chi connectivity index (χ2n) is 14.8. The Morgan fingerprint density at radius 3 is 2.18 bits per heavy atom. The van der Waals surface area contributed by atoms with Gasteiger partial charge in [0.15, 0.2) is 5.82 Å². The van der Waals surface area contributed by atoms with Gasteiger partial charge in [-0.1, -0.05) is 30.3 Å². The van der Waals surface area contributed by atoms with Crippen LogP contribution in [0.3, 0.4) is 0 Å². The van der Waals surface area contributed by atoms with Crippen molar-refractivity contribution in [2.45, 2.75) is 38.1 Å². The van der Waals surface area contributed by atoms with Crippen LogP contribution in [0.2, 0.25) is 0 Å². The first kappa shape index (κ1) is 49.9. The minimum absolute atomic E-state index is 0.0272. The molecule has 1 aliphatic heterocycles. The van der Waals surface area contributed by atoms with E-state index in [1.165, 1.54) is 40.3 Å². The van der Waals surface area contributed by atoms with Crippen LogP contribution in [0.4, 0.5) is 0 Å². The number of carbonyl (C=O) groups is 4. The van der Waals surface area contributed by atoms with Crippen molar-refractivity contribution < 1.29 is 58.2 Å². The molecule has 1 saturated heterocycles. The van der Waals surface area contributed by atoms with Crippen LogP contribution in [0.5, 0.6) is 5.75 Å². The summed E-state index contributed by atoms with van der Waals surface area (Å²) in [6.45, 7) is 3.22. The van der Waals surface area contributed by atoms with E-state index < -0.39 is 48.9 Å². The second kappa shape index (κ2) is 25.4. The second-order valence-corrected chi connectivity index (χ2v) is 14.8.